The number of anilines is 1. The Hall–Kier alpha value is -2.68. The Morgan fingerprint density at radius 3 is 2.89 bits per heavy atom. The van der Waals surface area contributed by atoms with Crippen molar-refractivity contribution in [2.75, 3.05) is 18.9 Å². The van der Waals surface area contributed by atoms with Gasteiger partial charge in [0.15, 0.2) is 5.69 Å². The second-order valence-corrected chi connectivity index (χ2v) is 3.90. The number of fused-ring (bicyclic) bond motifs is 1. The third-order valence-electron chi connectivity index (χ3n) is 2.71. The van der Waals surface area contributed by atoms with Crippen LogP contribution in [0.25, 0.3) is 10.9 Å². The van der Waals surface area contributed by atoms with Crippen LogP contribution in [0.4, 0.5) is 5.69 Å². The van der Waals surface area contributed by atoms with Crippen LogP contribution in [0.2, 0.25) is 0 Å². The lowest BCUT2D eigenvalue weighted by Gasteiger charge is -2.09. The Labute approximate surface area is 110 Å². The number of aromatic nitrogens is 2. The first kappa shape index (κ1) is 12.8. The molecule has 2 rings (SSSR count). The van der Waals surface area contributed by atoms with Gasteiger partial charge in [-0.1, -0.05) is 18.2 Å². The Balaban J connectivity index is 2.29. The van der Waals surface area contributed by atoms with Crippen LogP contribution in [-0.4, -0.2) is 29.7 Å². The number of carbonyl (C=O) groups excluding carboxylic acids is 1. The molecule has 0 saturated heterocycles. The number of rotatable bonds is 4. The number of benzene rings is 1. The van der Waals surface area contributed by atoms with E-state index >= 15 is 0 Å². The van der Waals surface area contributed by atoms with Crippen LogP contribution in [0, 0.1) is 11.3 Å². The molecule has 0 aliphatic heterocycles. The quantitative estimate of drug-likeness (QED) is 0.852. The molecule has 0 aliphatic carbocycles. The van der Waals surface area contributed by atoms with E-state index in [4.69, 9.17) is 5.26 Å². The molecule has 19 heavy (non-hydrogen) atoms. The lowest BCUT2D eigenvalue weighted by molar-refractivity contribution is -0.120. The van der Waals surface area contributed by atoms with E-state index < -0.39 is 0 Å². The molecule has 0 saturated carbocycles. The fourth-order valence-corrected chi connectivity index (χ4v) is 1.74. The van der Waals surface area contributed by atoms with E-state index in [2.05, 4.69) is 20.8 Å². The lowest BCUT2D eigenvalue weighted by atomic mass is 10.1. The Bertz CT molecular complexity index is 647. The van der Waals surface area contributed by atoms with Crippen molar-refractivity contribution in [1.82, 2.24) is 15.5 Å². The van der Waals surface area contributed by atoms with Gasteiger partial charge in [-0.25, -0.2) is 0 Å². The number of amides is 1. The summed E-state index contributed by atoms with van der Waals surface area (Å²) < 4.78 is 0. The number of carbonyl (C=O) groups is 1. The summed E-state index contributed by atoms with van der Waals surface area (Å²) in [5.74, 6) is -0.0580. The molecule has 2 N–H and O–H groups in total. The van der Waals surface area contributed by atoms with E-state index in [0.29, 0.717) is 24.2 Å². The summed E-state index contributed by atoms with van der Waals surface area (Å²) in [6, 6.07) is 9.43. The summed E-state index contributed by atoms with van der Waals surface area (Å²) in [5.41, 5.74) is 1.57. The largest absolute Gasteiger partial charge is 0.382 e. The van der Waals surface area contributed by atoms with Gasteiger partial charge in [-0.15, -0.1) is 10.2 Å². The molecule has 1 heterocycles. The molecule has 0 bridgehead atoms. The van der Waals surface area contributed by atoms with Crippen LogP contribution in [-0.2, 0) is 4.79 Å². The van der Waals surface area contributed by atoms with Crippen molar-refractivity contribution in [2.45, 2.75) is 6.42 Å². The minimum absolute atomic E-state index is 0.0580. The maximum Gasteiger partial charge on any atom is 0.221 e. The third-order valence-corrected chi connectivity index (χ3v) is 2.71. The molecule has 0 radical (unpaired) electrons. The topological polar surface area (TPSA) is 90.7 Å². The van der Waals surface area contributed by atoms with Crippen molar-refractivity contribution in [3.05, 3.63) is 30.0 Å². The minimum atomic E-state index is -0.0580. The first-order valence-corrected chi connectivity index (χ1v) is 5.86. The fraction of sp³-hybridized carbons (Fsp3) is 0.231. The van der Waals surface area contributed by atoms with E-state index in [-0.39, 0.29) is 11.6 Å². The van der Waals surface area contributed by atoms with Gasteiger partial charge in [-0.05, 0) is 6.07 Å². The minimum Gasteiger partial charge on any atom is -0.382 e. The van der Waals surface area contributed by atoms with Gasteiger partial charge in [0.25, 0.3) is 0 Å². The van der Waals surface area contributed by atoms with E-state index in [0.717, 1.165) is 5.39 Å². The number of hydrogen-bond donors (Lipinski definition) is 2. The second kappa shape index (κ2) is 5.78. The average molecular weight is 255 g/mol. The van der Waals surface area contributed by atoms with Crippen molar-refractivity contribution in [3.63, 3.8) is 0 Å². The highest BCUT2D eigenvalue weighted by molar-refractivity contribution is 5.92. The van der Waals surface area contributed by atoms with Crippen LogP contribution in [0.15, 0.2) is 24.3 Å². The number of hydrogen-bond acceptors (Lipinski definition) is 5. The maximum atomic E-state index is 11.2. The zero-order valence-corrected chi connectivity index (χ0v) is 10.5. The normalized spacial score (nSPS) is 9.89. The molecule has 6 nitrogen and oxygen atoms in total. The summed E-state index contributed by atoms with van der Waals surface area (Å²) in [5, 5.41) is 23.4. The molecule has 6 heteroatoms. The molecule has 0 atom stereocenters. The highest BCUT2D eigenvalue weighted by Crippen LogP contribution is 2.23. The van der Waals surface area contributed by atoms with Gasteiger partial charge in [0.05, 0.1) is 11.2 Å². The van der Waals surface area contributed by atoms with Gasteiger partial charge in [-0.2, -0.15) is 5.26 Å². The molecule has 96 valence electrons. The van der Waals surface area contributed by atoms with Crippen LogP contribution < -0.4 is 10.6 Å². The molecule has 0 fully saturated rings. The predicted octanol–water partition coefficient (Wildman–Crippen LogP) is 1.05. The van der Waals surface area contributed by atoms with Crippen LogP contribution in [0.5, 0.6) is 0 Å². The van der Waals surface area contributed by atoms with Crippen LogP contribution >= 0.6 is 0 Å². The van der Waals surface area contributed by atoms with E-state index in [9.17, 15) is 4.79 Å². The van der Waals surface area contributed by atoms with Crippen LogP contribution in [0.3, 0.4) is 0 Å². The highest BCUT2D eigenvalue weighted by atomic mass is 16.1. The predicted molar refractivity (Wildman–Crippen MR) is 71.4 cm³/mol. The highest BCUT2D eigenvalue weighted by Gasteiger charge is 2.10. The summed E-state index contributed by atoms with van der Waals surface area (Å²) in [6.07, 6.45) is 0.331. The summed E-state index contributed by atoms with van der Waals surface area (Å²) in [7, 11) is 1.59. The van der Waals surface area contributed by atoms with Crippen LogP contribution in [0.1, 0.15) is 12.1 Å². The Morgan fingerprint density at radius 2 is 2.16 bits per heavy atom. The molecular weight excluding hydrogens is 242 g/mol. The molecule has 1 aromatic heterocycles. The van der Waals surface area contributed by atoms with Gasteiger partial charge in [0, 0.05) is 25.4 Å². The van der Waals surface area contributed by atoms with Crippen molar-refractivity contribution in [3.8, 4) is 6.07 Å². The summed E-state index contributed by atoms with van der Waals surface area (Å²) in [6.45, 7) is 0.435. The molecule has 2 aromatic rings. The maximum absolute atomic E-state index is 11.2. The molecule has 0 unspecified atom stereocenters. The molecule has 0 spiro atoms. The number of nitriles is 1. The van der Waals surface area contributed by atoms with E-state index in [1.807, 2.05) is 30.3 Å². The average Bonchev–Trinajstić information content (AvgIpc) is 2.47. The third kappa shape index (κ3) is 2.77. The van der Waals surface area contributed by atoms with Gasteiger partial charge >= 0.3 is 0 Å². The van der Waals surface area contributed by atoms with Gasteiger partial charge in [-0.3, -0.25) is 4.79 Å². The summed E-state index contributed by atoms with van der Waals surface area (Å²) in [4.78, 5) is 11.2. The molecule has 1 amide bonds. The molecule has 1 aromatic carbocycles. The van der Waals surface area contributed by atoms with Crippen molar-refractivity contribution >= 4 is 22.5 Å². The molecule has 0 aliphatic rings. The Kier molecular flexibility index (Phi) is 3.88. The number of nitrogens with zero attached hydrogens (tertiary/aromatic N) is 3. The smallest absolute Gasteiger partial charge is 0.221 e. The number of nitrogens with one attached hydrogen (secondary N) is 2. The first-order valence-electron chi connectivity index (χ1n) is 5.86. The first-order chi connectivity index (χ1) is 9.26. The lowest BCUT2D eigenvalue weighted by Crippen LogP contribution is -2.21. The standard InChI is InChI=1S/C13H13N5O/c1-15-12(19)6-7-16-13-9-4-2-3-5-10(9)17-18-11(13)8-14/h2-5H,6-7H2,1H3,(H,15,19)(H,16,17). The van der Waals surface area contributed by atoms with Crippen molar-refractivity contribution < 1.29 is 4.79 Å². The van der Waals surface area contributed by atoms with Gasteiger partial charge in [0.1, 0.15) is 6.07 Å². The van der Waals surface area contributed by atoms with Crippen molar-refractivity contribution in [2.24, 2.45) is 0 Å². The van der Waals surface area contributed by atoms with E-state index in [1.54, 1.807) is 7.05 Å². The second-order valence-electron chi connectivity index (χ2n) is 3.90. The zero-order chi connectivity index (χ0) is 13.7. The fourth-order valence-electron chi connectivity index (χ4n) is 1.74. The van der Waals surface area contributed by atoms with E-state index in [1.165, 1.54) is 0 Å². The van der Waals surface area contributed by atoms with Crippen molar-refractivity contribution in [1.29, 1.82) is 5.26 Å². The molecular formula is C13H13N5O. The van der Waals surface area contributed by atoms with Gasteiger partial charge < -0.3 is 10.6 Å². The SMILES string of the molecule is CNC(=O)CCNc1c(C#N)nnc2ccccc12. The summed E-state index contributed by atoms with van der Waals surface area (Å²) >= 11 is 0. The Morgan fingerprint density at radius 1 is 1.37 bits per heavy atom. The van der Waals surface area contributed by atoms with Gasteiger partial charge in [0.2, 0.25) is 5.91 Å². The zero-order valence-electron chi connectivity index (χ0n) is 10.5. The monoisotopic (exact) mass is 255 g/mol.